The van der Waals surface area contributed by atoms with Crippen LogP contribution in [0.4, 0.5) is 5.69 Å². The summed E-state index contributed by atoms with van der Waals surface area (Å²) in [7, 11) is 2.94. The van der Waals surface area contributed by atoms with Crippen molar-refractivity contribution < 1.29 is 4.79 Å². The minimum Gasteiger partial charge on any atom is -0.325 e. The quantitative estimate of drug-likeness (QED) is 0.774. The number of nitrogens with one attached hydrogen (secondary N) is 1. The number of carbonyl (C=O) groups excluding carboxylic acids is 1. The number of rotatable bonds is 4. The van der Waals surface area contributed by atoms with Crippen LogP contribution in [0.5, 0.6) is 0 Å². The Labute approximate surface area is 143 Å². The number of benzene rings is 1. The lowest BCUT2D eigenvalue weighted by atomic mass is 10.1. The van der Waals surface area contributed by atoms with Crippen molar-refractivity contribution in [1.29, 1.82) is 0 Å². The molecule has 1 N–H and O–H groups in total. The van der Waals surface area contributed by atoms with Crippen LogP contribution in [0.1, 0.15) is 12.0 Å². The molecule has 3 aromatic rings. The summed E-state index contributed by atoms with van der Waals surface area (Å²) >= 11 is 0. The van der Waals surface area contributed by atoms with Gasteiger partial charge in [-0.3, -0.25) is 18.7 Å². The van der Waals surface area contributed by atoms with Gasteiger partial charge in [0.1, 0.15) is 5.39 Å². The van der Waals surface area contributed by atoms with Gasteiger partial charge in [-0.05, 0) is 18.1 Å². The summed E-state index contributed by atoms with van der Waals surface area (Å²) in [6.45, 7) is 0. The molecule has 0 spiro atoms. The van der Waals surface area contributed by atoms with E-state index in [1.807, 2.05) is 30.3 Å². The van der Waals surface area contributed by atoms with Gasteiger partial charge < -0.3 is 5.32 Å². The van der Waals surface area contributed by atoms with Crippen molar-refractivity contribution in [2.45, 2.75) is 12.8 Å². The summed E-state index contributed by atoms with van der Waals surface area (Å²) in [5.74, 6) is -0.202. The maximum Gasteiger partial charge on any atom is 0.332 e. The van der Waals surface area contributed by atoms with Crippen molar-refractivity contribution >= 4 is 22.6 Å². The van der Waals surface area contributed by atoms with Crippen LogP contribution in [0.15, 0.2) is 52.2 Å². The van der Waals surface area contributed by atoms with E-state index in [0.717, 1.165) is 10.1 Å². The highest BCUT2D eigenvalue weighted by Crippen LogP contribution is 2.17. The van der Waals surface area contributed by atoms with E-state index < -0.39 is 11.2 Å². The Morgan fingerprint density at radius 2 is 1.80 bits per heavy atom. The number of pyridine rings is 1. The lowest BCUT2D eigenvalue weighted by molar-refractivity contribution is -0.116. The van der Waals surface area contributed by atoms with E-state index in [9.17, 15) is 14.4 Å². The summed E-state index contributed by atoms with van der Waals surface area (Å²) in [6.07, 6.45) is 2.36. The van der Waals surface area contributed by atoms with Gasteiger partial charge in [0, 0.05) is 26.7 Å². The first-order chi connectivity index (χ1) is 12.0. The van der Waals surface area contributed by atoms with Crippen LogP contribution >= 0.6 is 0 Å². The smallest absolute Gasteiger partial charge is 0.325 e. The normalized spacial score (nSPS) is 10.8. The number of hydrogen-bond donors (Lipinski definition) is 1. The van der Waals surface area contributed by atoms with Crippen molar-refractivity contribution in [3.8, 4) is 0 Å². The molecule has 7 nitrogen and oxygen atoms in total. The fourth-order valence-corrected chi connectivity index (χ4v) is 2.71. The monoisotopic (exact) mass is 338 g/mol. The molecule has 25 heavy (non-hydrogen) atoms. The Balaban J connectivity index is 1.90. The number of anilines is 1. The molecule has 7 heteroatoms. The standard InChI is InChI=1S/C18H18N4O3/c1-21-16-15(17(24)22(2)18(21)25)13(10-11-19-16)20-14(23)9-8-12-6-4-3-5-7-12/h3-7,10-11H,8-9H2,1-2H3,(H,19,20,23). The van der Waals surface area contributed by atoms with Crippen LogP contribution < -0.4 is 16.6 Å². The molecule has 2 heterocycles. The molecule has 2 aromatic heterocycles. The first kappa shape index (κ1) is 16.6. The van der Waals surface area contributed by atoms with Crippen LogP contribution in [0.2, 0.25) is 0 Å². The minimum atomic E-state index is -0.482. The Kier molecular flexibility index (Phi) is 4.47. The highest BCUT2D eigenvalue weighted by molar-refractivity contribution is 5.99. The zero-order valence-corrected chi connectivity index (χ0v) is 14.0. The summed E-state index contributed by atoms with van der Waals surface area (Å²) in [4.78, 5) is 40.8. The molecule has 1 amide bonds. The van der Waals surface area contributed by atoms with Crippen molar-refractivity contribution in [2.24, 2.45) is 14.1 Å². The third-order valence-corrected chi connectivity index (χ3v) is 4.10. The van der Waals surface area contributed by atoms with Crippen LogP contribution in [0.3, 0.4) is 0 Å². The van der Waals surface area contributed by atoms with Crippen LogP contribution in [-0.4, -0.2) is 20.0 Å². The molecular formula is C18H18N4O3. The van der Waals surface area contributed by atoms with Gasteiger partial charge in [0.05, 0.1) is 5.69 Å². The molecule has 0 aliphatic carbocycles. The molecule has 0 fully saturated rings. The Morgan fingerprint density at radius 3 is 2.52 bits per heavy atom. The first-order valence-electron chi connectivity index (χ1n) is 7.87. The molecule has 0 aliphatic heterocycles. The number of fused-ring (bicyclic) bond motifs is 1. The lowest BCUT2D eigenvalue weighted by Gasteiger charge is -2.11. The number of aryl methyl sites for hydroxylation is 2. The van der Waals surface area contributed by atoms with E-state index in [-0.39, 0.29) is 16.9 Å². The topological polar surface area (TPSA) is 86.0 Å². The van der Waals surface area contributed by atoms with Crippen molar-refractivity contribution in [3.05, 3.63) is 69.0 Å². The number of amides is 1. The first-order valence-corrected chi connectivity index (χ1v) is 7.87. The average molecular weight is 338 g/mol. The molecular weight excluding hydrogens is 320 g/mol. The third-order valence-electron chi connectivity index (χ3n) is 4.10. The third kappa shape index (κ3) is 3.21. The van der Waals surface area contributed by atoms with Gasteiger partial charge in [-0.1, -0.05) is 30.3 Å². The second-order valence-corrected chi connectivity index (χ2v) is 5.80. The molecule has 0 saturated heterocycles. The van der Waals surface area contributed by atoms with Gasteiger partial charge in [-0.25, -0.2) is 9.78 Å². The summed E-state index contributed by atoms with van der Waals surface area (Å²) < 4.78 is 2.29. The Morgan fingerprint density at radius 1 is 1.08 bits per heavy atom. The predicted molar refractivity (Wildman–Crippen MR) is 95.6 cm³/mol. The van der Waals surface area contributed by atoms with Crippen molar-refractivity contribution in [2.75, 3.05) is 5.32 Å². The zero-order chi connectivity index (χ0) is 18.0. The molecule has 0 radical (unpaired) electrons. The van der Waals surface area contributed by atoms with Gasteiger partial charge >= 0.3 is 5.69 Å². The Hall–Kier alpha value is -3.22. The van der Waals surface area contributed by atoms with Gasteiger partial charge in [-0.2, -0.15) is 0 Å². The molecule has 0 saturated carbocycles. The van der Waals surface area contributed by atoms with Crippen molar-refractivity contribution in [1.82, 2.24) is 14.1 Å². The highest BCUT2D eigenvalue weighted by atomic mass is 16.2. The largest absolute Gasteiger partial charge is 0.332 e. The van der Waals surface area contributed by atoms with Crippen LogP contribution in [-0.2, 0) is 25.3 Å². The maximum atomic E-state index is 12.4. The van der Waals surface area contributed by atoms with E-state index in [4.69, 9.17) is 0 Å². The van der Waals surface area contributed by atoms with Gasteiger partial charge in [0.2, 0.25) is 5.91 Å². The predicted octanol–water partition coefficient (Wildman–Crippen LogP) is 1.20. The van der Waals surface area contributed by atoms with E-state index >= 15 is 0 Å². The number of hydrogen-bond acceptors (Lipinski definition) is 4. The van der Waals surface area contributed by atoms with Gasteiger partial charge in [0.25, 0.3) is 5.56 Å². The molecule has 0 bridgehead atoms. The average Bonchev–Trinajstić information content (AvgIpc) is 2.63. The van der Waals surface area contributed by atoms with Gasteiger partial charge in [-0.15, -0.1) is 0 Å². The van der Waals surface area contributed by atoms with E-state index in [1.54, 1.807) is 6.07 Å². The summed E-state index contributed by atoms with van der Waals surface area (Å²) in [5, 5.41) is 2.98. The fourth-order valence-electron chi connectivity index (χ4n) is 2.71. The molecule has 0 unspecified atom stereocenters. The van der Waals surface area contributed by atoms with Crippen LogP contribution in [0, 0.1) is 0 Å². The van der Waals surface area contributed by atoms with E-state index in [1.165, 1.54) is 24.9 Å². The van der Waals surface area contributed by atoms with Crippen molar-refractivity contribution in [3.63, 3.8) is 0 Å². The zero-order valence-electron chi connectivity index (χ0n) is 14.0. The highest BCUT2D eigenvalue weighted by Gasteiger charge is 2.14. The number of aromatic nitrogens is 3. The second-order valence-electron chi connectivity index (χ2n) is 5.80. The van der Waals surface area contributed by atoms with E-state index in [0.29, 0.717) is 18.5 Å². The summed E-state index contributed by atoms with van der Waals surface area (Å²) in [5.41, 5.74) is 0.728. The minimum absolute atomic E-state index is 0.202. The number of carbonyl (C=O) groups is 1. The van der Waals surface area contributed by atoms with Crippen LogP contribution in [0.25, 0.3) is 11.0 Å². The Bertz CT molecular complexity index is 1050. The molecule has 0 aliphatic rings. The molecule has 0 atom stereocenters. The molecule has 3 rings (SSSR count). The maximum absolute atomic E-state index is 12.4. The fraction of sp³-hybridized carbons (Fsp3) is 0.222. The SMILES string of the molecule is Cn1c(=O)c2c(NC(=O)CCc3ccccc3)ccnc2n(C)c1=O. The lowest BCUT2D eigenvalue weighted by Crippen LogP contribution is -2.37. The van der Waals surface area contributed by atoms with E-state index in [2.05, 4.69) is 10.3 Å². The molecule has 128 valence electrons. The second kappa shape index (κ2) is 6.72. The van der Waals surface area contributed by atoms with Gasteiger partial charge in [0.15, 0.2) is 5.65 Å². The molecule has 1 aromatic carbocycles. The number of nitrogens with zero attached hydrogens (tertiary/aromatic N) is 3. The summed E-state index contributed by atoms with van der Waals surface area (Å²) in [6, 6.07) is 11.3.